The number of aryl methyl sites for hydroxylation is 2. The van der Waals surface area contributed by atoms with Crippen molar-refractivity contribution in [2.45, 2.75) is 46.3 Å². The number of hydrogen-bond acceptors (Lipinski definition) is 3. The van der Waals surface area contributed by atoms with Crippen LogP contribution in [-0.4, -0.2) is 17.2 Å². The molecule has 0 aliphatic rings. The van der Waals surface area contributed by atoms with Crippen LogP contribution in [0.25, 0.3) is 0 Å². The van der Waals surface area contributed by atoms with E-state index in [2.05, 4.69) is 0 Å². The molecule has 1 rings (SSSR count). The maximum atomic E-state index is 11.1. The Morgan fingerprint density at radius 2 is 1.94 bits per heavy atom. The van der Waals surface area contributed by atoms with Gasteiger partial charge in [0.05, 0.1) is 0 Å². The van der Waals surface area contributed by atoms with E-state index in [0.29, 0.717) is 18.7 Å². The van der Waals surface area contributed by atoms with Crippen LogP contribution in [0.3, 0.4) is 0 Å². The Bertz CT molecular complexity index is 406. The van der Waals surface area contributed by atoms with E-state index in [0.717, 1.165) is 23.1 Å². The lowest BCUT2D eigenvalue weighted by atomic mass is 10.1. The lowest BCUT2D eigenvalue weighted by Gasteiger charge is -2.18. The fourth-order valence-corrected chi connectivity index (χ4v) is 1.98. The van der Waals surface area contributed by atoms with Gasteiger partial charge in [-0.1, -0.05) is 25.5 Å². The minimum Gasteiger partial charge on any atom is -0.479 e. The van der Waals surface area contributed by atoms with E-state index in [-0.39, 0.29) is 0 Å². The van der Waals surface area contributed by atoms with Crippen molar-refractivity contribution in [1.29, 1.82) is 0 Å². The Morgan fingerprint density at radius 1 is 1.39 bits per heavy atom. The van der Waals surface area contributed by atoms with E-state index in [1.54, 1.807) is 0 Å². The van der Waals surface area contributed by atoms with Gasteiger partial charge in [-0.3, -0.25) is 0 Å². The molecule has 0 radical (unpaired) electrons. The number of nitrogens with two attached hydrogens (primary N) is 1. The second kappa shape index (κ2) is 6.40. The zero-order valence-corrected chi connectivity index (χ0v) is 11.2. The summed E-state index contributed by atoms with van der Waals surface area (Å²) < 4.78 is 5.64. The molecule has 0 fully saturated rings. The first-order chi connectivity index (χ1) is 8.49. The van der Waals surface area contributed by atoms with Crippen LogP contribution < -0.4 is 10.5 Å². The summed E-state index contributed by atoms with van der Waals surface area (Å²) in [5.41, 5.74) is 8.48. The molecule has 0 saturated carbocycles. The van der Waals surface area contributed by atoms with Crippen LogP contribution in [0.2, 0.25) is 0 Å². The molecule has 18 heavy (non-hydrogen) atoms. The molecule has 0 aromatic heterocycles. The Morgan fingerprint density at radius 3 is 2.33 bits per heavy atom. The van der Waals surface area contributed by atoms with Crippen molar-refractivity contribution in [3.05, 3.63) is 28.8 Å². The second-order valence-electron chi connectivity index (χ2n) is 4.50. The average molecular weight is 251 g/mol. The van der Waals surface area contributed by atoms with Crippen LogP contribution in [0.15, 0.2) is 12.1 Å². The summed E-state index contributed by atoms with van der Waals surface area (Å²) in [4.78, 5) is 11.1. The Labute approximate surface area is 108 Å². The first kappa shape index (κ1) is 14.5. The Kier molecular flexibility index (Phi) is 5.16. The third-order valence-corrected chi connectivity index (χ3v) is 2.84. The molecular formula is C14H21NO3. The normalized spacial score (nSPS) is 12.2. The zero-order chi connectivity index (χ0) is 13.7. The summed E-state index contributed by atoms with van der Waals surface area (Å²) in [6, 6.07) is 3.88. The topological polar surface area (TPSA) is 72.5 Å². The molecule has 0 bridgehead atoms. The minimum absolute atomic E-state index is 0.472. The maximum absolute atomic E-state index is 11.1. The lowest BCUT2D eigenvalue weighted by molar-refractivity contribution is -0.145. The van der Waals surface area contributed by atoms with Gasteiger partial charge in [0, 0.05) is 6.54 Å². The lowest BCUT2D eigenvalue weighted by Crippen LogP contribution is -2.27. The molecule has 0 saturated heterocycles. The summed E-state index contributed by atoms with van der Waals surface area (Å²) in [5.74, 6) is -0.258. The van der Waals surface area contributed by atoms with Gasteiger partial charge in [-0.2, -0.15) is 0 Å². The van der Waals surface area contributed by atoms with Crippen LogP contribution in [0.1, 0.15) is 36.5 Å². The number of ether oxygens (including phenoxy) is 1. The van der Waals surface area contributed by atoms with Crippen molar-refractivity contribution in [2.24, 2.45) is 5.73 Å². The van der Waals surface area contributed by atoms with Gasteiger partial charge in [-0.25, -0.2) is 4.79 Å². The maximum Gasteiger partial charge on any atom is 0.344 e. The molecule has 1 unspecified atom stereocenters. The molecular weight excluding hydrogens is 230 g/mol. The molecule has 0 amide bonds. The second-order valence-corrected chi connectivity index (χ2v) is 4.50. The molecule has 0 aliphatic heterocycles. The standard InChI is InChI=1S/C14H21NO3/c1-4-5-12(14(16)17)18-13-9(2)6-11(8-15)7-10(13)3/h6-7,12H,4-5,8,15H2,1-3H3,(H,16,17). The van der Waals surface area contributed by atoms with E-state index < -0.39 is 12.1 Å². The first-order valence-electron chi connectivity index (χ1n) is 6.19. The minimum atomic E-state index is -0.918. The average Bonchev–Trinajstić information content (AvgIpc) is 2.31. The molecule has 0 aliphatic carbocycles. The van der Waals surface area contributed by atoms with Crippen molar-refractivity contribution in [1.82, 2.24) is 0 Å². The zero-order valence-electron chi connectivity index (χ0n) is 11.2. The van der Waals surface area contributed by atoms with Gasteiger partial charge in [0.15, 0.2) is 6.10 Å². The highest BCUT2D eigenvalue weighted by Gasteiger charge is 2.20. The summed E-state index contributed by atoms with van der Waals surface area (Å²) >= 11 is 0. The molecule has 100 valence electrons. The molecule has 1 atom stereocenters. The highest BCUT2D eigenvalue weighted by Crippen LogP contribution is 2.26. The molecule has 1 aromatic carbocycles. The number of carbonyl (C=O) groups is 1. The van der Waals surface area contributed by atoms with Crippen LogP contribution in [0, 0.1) is 13.8 Å². The highest BCUT2D eigenvalue weighted by atomic mass is 16.5. The van der Waals surface area contributed by atoms with E-state index in [4.69, 9.17) is 15.6 Å². The van der Waals surface area contributed by atoms with E-state index in [1.807, 2.05) is 32.9 Å². The third-order valence-electron chi connectivity index (χ3n) is 2.84. The van der Waals surface area contributed by atoms with Gasteiger partial charge >= 0.3 is 5.97 Å². The SMILES string of the molecule is CCCC(Oc1c(C)cc(CN)cc1C)C(=O)O. The van der Waals surface area contributed by atoms with E-state index in [9.17, 15) is 4.79 Å². The highest BCUT2D eigenvalue weighted by molar-refractivity contribution is 5.72. The monoisotopic (exact) mass is 251 g/mol. The Hall–Kier alpha value is -1.55. The van der Waals surface area contributed by atoms with Crippen molar-refractivity contribution in [3.63, 3.8) is 0 Å². The van der Waals surface area contributed by atoms with E-state index in [1.165, 1.54) is 0 Å². The fraction of sp³-hybridized carbons (Fsp3) is 0.500. The summed E-state index contributed by atoms with van der Waals surface area (Å²) in [7, 11) is 0. The first-order valence-corrected chi connectivity index (χ1v) is 6.19. The molecule has 3 N–H and O–H groups in total. The molecule has 4 heteroatoms. The van der Waals surface area contributed by atoms with Gasteiger partial charge in [0.2, 0.25) is 0 Å². The smallest absolute Gasteiger partial charge is 0.344 e. The van der Waals surface area contributed by atoms with Gasteiger partial charge in [0.25, 0.3) is 0 Å². The van der Waals surface area contributed by atoms with Gasteiger partial charge in [-0.05, 0) is 37.0 Å². The van der Waals surface area contributed by atoms with Crippen molar-refractivity contribution < 1.29 is 14.6 Å². The third kappa shape index (κ3) is 3.47. The van der Waals surface area contributed by atoms with Crippen LogP contribution in [0.4, 0.5) is 0 Å². The fourth-order valence-electron chi connectivity index (χ4n) is 1.98. The largest absolute Gasteiger partial charge is 0.479 e. The van der Waals surface area contributed by atoms with Gasteiger partial charge < -0.3 is 15.6 Å². The van der Waals surface area contributed by atoms with Crippen LogP contribution in [0.5, 0.6) is 5.75 Å². The summed E-state index contributed by atoms with van der Waals surface area (Å²) in [6.45, 7) is 6.23. The number of carboxylic acids is 1. The molecule has 4 nitrogen and oxygen atoms in total. The van der Waals surface area contributed by atoms with Crippen molar-refractivity contribution >= 4 is 5.97 Å². The van der Waals surface area contributed by atoms with Crippen molar-refractivity contribution in [3.8, 4) is 5.75 Å². The summed E-state index contributed by atoms with van der Waals surface area (Å²) in [5, 5.41) is 9.10. The molecule has 0 heterocycles. The quantitative estimate of drug-likeness (QED) is 0.814. The van der Waals surface area contributed by atoms with Crippen LogP contribution >= 0.6 is 0 Å². The predicted molar refractivity (Wildman–Crippen MR) is 70.8 cm³/mol. The number of rotatable bonds is 6. The predicted octanol–water partition coefficient (Wildman–Crippen LogP) is 2.39. The molecule has 0 spiro atoms. The number of benzene rings is 1. The van der Waals surface area contributed by atoms with Crippen molar-refractivity contribution in [2.75, 3.05) is 0 Å². The Balaban J connectivity index is 2.99. The van der Waals surface area contributed by atoms with Gasteiger partial charge in [0.1, 0.15) is 5.75 Å². The number of carboxylic acid groups (broad SMARTS) is 1. The van der Waals surface area contributed by atoms with E-state index >= 15 is 0 Å². The number of aliphatic carboxylic acids is 1. The van der Waals surface area contributed by atoms with Gasteiger partial charge in [-0.15, -0.1) is 0 Å². The van der Waals surface area contributed by atoms with Crippen LogP contribution in [-0.2, 0) is 11.3 Å². The number of hydrogen-bond donors (Lipinski definition) is 2. The molecule has 1 aromatic rings. The summed E-state index contributed by atoms with van der Waals surface area (Å²) in [6.07, 6.45) is 0.499.